The minimum atomic E-state index is -0.597. The van der Waals surface area contributed by atoms with E-state index in [9.17, 15) is 8.78 Å². The maximum atomic E-state index is 13.5. The fraction of sp³-hybridized carbons (Fsp3) is 0.0625. The van der Waals surface area contributed by atoms with Gasteiger partial charge in [0.05, 0.1) is 5.69 Å². The molecule has 0 fully saturated rings. The van der Waals surface area contributed by atoms with Gasteiger partial charge in [-0.3, -0.25) is 0 Å². The van der Waals surface area contributed by atoms with Crippen molar-refractivity contribution in [2.24, 2.45) is 0 Å². The highest BCUT2D eigenvalue weighted by atomic mass is 19.1. The van der Waals surface area contributed by atoms with Crippen molar-refractivity contribution in [1.29, 1.82) is 0 Å². The van der Waals surface area contributed by atoms with Crippen LogP contribution in [0.25, 0.3) is 22.4 Å². The minimum absolute atomic E-state index is 0.367. The van der Waals surface area contributed by atoms with E-state index in [1.807, 2.05) is 0 Å². The molecule has 0 saturated carbocycles. The van der Waals surface area contributed by atoms with Crippen molar-refractivity contribution in [1.82, 2.24) is 15.0 Å². The van der Waals surface area contributed by atoms with E-state index in [1.165, 1.54) is 24.4 Å². The Balaban J connectivity index is 2.22. The Labute approximate surface area is 125 Å². The fourth-order valence-corrected chi connectivity index (χ4v) is 2.14. The molecule has 1 N–H and O–H groups in total. The highest BCUT2D eigenvalue weighted by Gasteiger charge is 2.12. The molecule has 0 unspecified atom stereocenters. The average Bonchev–Trinajstić information content (AvgIpc) is 2.54. The Kier molecular flexibility index (Phi) is 3.74. The highest BCUT2D eigenvalue weighted by Crippen LogP contribution is 2.31. The molecule has 0 bridgehead atoms. The summed E-state index contributed by atoms with van der Waals surface area (Å²) in [4.78, 5) is 12.1. The van der Waals surface area contributed by atoms with Gasteiger partial charge < -0.3 is 5.32 Å². The molecular weight excluding hydrogens is 286 g/mol. The van der Waals surface area contributed by atoms with E-state index in [2.05, 4.69) is 20.3 Å². The van der Waals surface area contributed by atoms with E-state index in [1.54, 1.807) is 31.4 Å². The molecule has 0 atom stereocenters. The summed E-state index contributed by atoms with van der Waals surface area (Å²) in [6.07, 6.45) is 2.94. The van der Waals surface area contributed by atoms with Crippen LogP contribution in [-0.2, 0) is 0 Å². The number of nitrogens with one attached hydrogen (secondary N) is 1. The number of anilines is 1. The Morgan fingerprint density at radius 2 is 1.86 bits per heavy atom. The standard InChI is InChI=1S/C16H12F2N4/c1-19-16-21-9-13(10-5-6-20-14(18)8-10)15(22-16)11-3-2-4-12(17)7-11/h2-9H,1H3,(H,19,21,22). The van der Waals surface area contributed by atoms with E-state index in [0.717, 1.165) is 0 Å². The predicted molar refractivity (Wildman–Crippen MR) is 80.2 cm³/mol. The number of halogens is 2. The van der Waals surface area contributed by atoms with Gasteiger partial charge in [-0.2, -0.15) is 4.39 Å². The molecule has 0 amide bonds. The van der Waals surface area contributed by atoms with Crippen LogP contribution in [0.4, 0.5) is 14.7 Å². The summed E-state index contributed by atoms with van der Waals surface area (Å²) < 4.78 is 26.9. The third kappa shape index (κ3) is 2.76. The number of nitrogens with zero attached hydrogens (tertiary/aromatic N) is 3. The quantitative estimate of drug-likeness (QED) is 0.752. The molecule has 110 valence electrons. The lowest BCUT2D eigenvalue weighted by molar-refractivity contribution is 0.584. The smallest absolute Gasteiger partial charge is 0.222 e. The molecule has 22 heavy (non-hydrogen) atoms. The fourth-order valence-electron chi connectivity index (χ4n) is 2.14. The molecule has 0 saturated heterocycles. The molecule has 3 aromatic rings. The van der Waals surface area contributed by atoms with Crippen LogP contribution in [0.1, 0.15) is 0 Å². The molecule has 6 heteroatoms. The van der Waals surface area contributed by atoms with Gasteiger partial charge in [-0.25, -0.2) is 19.3 Å². The average molecular weight is 298 g/mol. The van der Waals surface area contributed by atoms with Gasteiger partial charge in [0.2, 0.25) is 11.9 Å². The van der Waals surface area contributed by atoms with Gasteiger partial charge in [0.15, 0.2) is 0 Å². The third-order valence-corrected chi connectivity index (χ3v) is 3.15. The molecule has 0 radical (unpaired) electrons. The normalized spacial score (nSPS) is 10.5. The van der Waals surface area contributed by atoms with Crippen LogP contribution in [-0.4, -0.2) is 22.0 Å². The molecule has 0 aliphatic carbocycles. The zero-order valence-electron chi connectivity index (χ0n) is 11.7. The Bertz CT molecular complexity index is 821. The Hall–Kier alpha value is -2.89. The highest BCUT2D eigenvalue weighted by molar-refractivity contribution is 5.80. The lowest BCUT2D eigenvalue weighted by atomic mass is 10.0. The van der Waals surface area contributed by atoms with E-state index in [4.69, 9.17) is 0 Å². The second kappa shape index (κ2) is 5.85. The molecule has 2 heterocycles. The maximum absolute atomic E-state index is 13.5. The zero-order valence-corrected chi connectivity index (χ0v) is 11.7. The summed E-state index contributed by atoms with van der Waals surface area (Å²) in [5.74, 6) is -0.563. The third-order valence-electron chi connectivity index (χ3n) is 3.15. The monoisotopic (exact) mass is 298 g/mol. The van der Waals surface area contributed by atoms with E-state index in [0.29, 0.717) is 28.3 Å². The lowest BCUT2D eigenvalue weighted by Crippen LogP contribution is -2.00. The van der Waals surface area contributed by atoms with Gasteiger partial charge in [0.25, 0.3) is 0 Å². The molecule has 3 rings (SSSR count). The summed E-state index contributed by atoms with van der Waals surface area (Å²) in [7, 11) is 1.69. The first-order valence-corrected chi connectivity index (χ1v) is 6.60. The van der Waals surface area contributed by atoms with E-state index >= 15 is 0 Å². The van der Waals surface area contributed by atoms with E-state index in [-0.39, 0.29) is 5.82 Å². The van der Waals surface area contributed by atoms with Crippen LogP contribution in [0.15, 0.2) is 48.8 Å². The van der Waals surface area contributed by atoms with Crippen LogP contribution in [0.5, 0.6) is 0 Å². The van der Waals surface area contributed by atoms with Gasteiger partial charge in [-0.1, -0.05) is 12.1 Å². The first-order chi connectivity index (χ1) is 10.7. The van der Waals surface area contributed by atoms with Gasteiger partial charge in [0, 0.05) is 36.6 Å². The van der Waals surface area contributed by atoms with Gasteiger partial charge in [0.1, 0.15) is 5.82 Å². The first kappa shape index (κ1) is 14.1. The van der Waals surface area contributed by atoms with Crippen LogP contribution in [0.3, 0.4) is 0 Å². The molecule has 4 nitrogen and oxygen atoms in total. The van der Waals surface area contributed by atoms with Crippen LogP contribution < -0.4 is 5.32 Å². The summed E-state index contributed by atoms with van der Waals surface area (Å²) in [5.41, 5.74) is 2.29. The zero-order chi connectivity index (χ0) is 15.5. The molecule has 2 aromatic heterocycles. The van der Waals surface area contributed by atoms with Crippen molar-refractivity contribution in [2.75, 3.05) is 12.4 Å². The predicted octanol–water partition coefficient (Wildman–Crippen LogP) is 3.53. The number of aromatic nitrogens is 3. The Morgan fingerprint density at radius 1 is 1.00 bits per heavy atom. The summed E-state index contributed by atoms with van der Waals surface area (Å²) in [6.45, 7) is 0. The maximum Gasteiger partial charge on any atom is 0.222 e. The topological polar surface area (TPSA) is 50.7 Å². The molecule has 0 aliphatic heterocycles. The van der Waals surface area contributed by atoms with Crippen LogP contribution >= 0.6 is 0 Å². The van der Waals surface area contributed by atoms with Crippen molar-refractivity contribution >= 4 is 5.95 Å². The SMILES string of the molecule is CNc1ncc(-c2ccnc(F)c2)c(-c2cccc(F)c2)n1. The van der Waals surface area contributed by atoms with Gasteiger partial charge in [-0.05, 0) is 23.8 Å². The van der Waals surface area contributed by atoms with Crippen molar-refractivity contribution in [2.45, 2.75) is 0 Å². The van der Waals surface area contributed by atoms with Crippen LogP contribution in [0.2, 0.25) is 0 Å². The number of hydrogen-bond donors (Lipinski definition) is 1. The lowest BCUT2D eigenvalue weighted by Gasteiger charge is -2.10. The summed E-state index contributed by atoms with van der Waals surface area (Å²) in [5, 5.41) is 2.84. The number of hydrogen-bond acceptors (Lipinski definition) is 4. The molecule has 0 spiro atoms. The van der Waals surface area contributed by atoms with Crippen molar-refractivity contribution < 1.29 is 8.78 Å². The Morgan fingerprint density at radius 3 is 2.59 bits per heavy atom. The largest absolute Gasteiger partial charge is 0.357 e. The summed E-state index contributed by atoms with van der Waals surface area (Å²) >= 11 is 0. The van der Waals surface area contributed by atoms with Crippen LogP contribution in [0, 0.1) is 11.8 Å². The van der Waals surface area contributed by atoms with Gasteiger partial charge >= 0.3 is 0 Å². The second-order valence-corrected chi connectivity index (χ2v) is 4.58. The summed E-state index contributed by atoms with van der Waals surface area (Å²) in [6, 6.07) is 9.02. The second-order valence-electron chi connectivity index (χ2n) is 4.58. The molecular formula is C16H12F2N4. The van der Waals surface area contributed by atoms with E-state index < -0.39 is 5.95 Å². The number of rotatable bonds is 3. The van der Waals surface area contributed by atoms with Gasteiger partial charge in [-0.15, -0.1) is 0 Å². The molecule has 0 aliphatic rings. The van der Waals surface area contributed by atoms with Crippen molar-refractivity contribution in [3.63, 3.8) is 0 Å². The van der Waals surface area contributed by atoms with Crippen molar-refractivity contribution in [3.05, 3.63) is 60.6 Å². The number of pyridine rings is 1. The number of benzene rings is 1. The van der Waals surface area contributed by atoms with Crippen molar-refractivity contribution in [3.8, 4) is 22.4 Å². The molecule has 1 aromatic carbocycles. The minimum Gasteiger partial charge on any atom is -0.357 e. The first-order valence-electron chi connectivity index (χ1n) is 6.60.